The summed E-state index contributed by atoms with van der Waals surface area (Å²) in [5.74, 6) is 0.657. The van der Waals surface area contributed by atoms with Crippen LogP contribution in [0.1, 0.15) is 35.8 Å². The number of thiazole rings is 1. The molecule has 0 spiro atoms. The lowest BCUT2D eigenvalue weighted by atomic mass is 9.97. The van der Waals surface area contributed by atoms with Crippen molar-refractivity contribution in [3.05, 3.63) is 15.6 Å². The molecule has 0 bridgehead atoms. The van der Waals surface area contributed by atoms with Gasteiger partial charge in [-0.05, 0) is 33.2 Å². The molecule has 3 heteroatoms. The standard InChI is InChI=1S/C12H22N2S/c1-6-11(13-5)8(2)7-12-14-9(3)10(4)15-12/h8,11,13H,6-7H2,1-5H3. The minimum Gasteiger partial charge on any atom is -0.317 e. The van der Waals surface area contributed by atoms with Gasteiger partial charge in [-0.1, -0.05) is 13.8 Å². The van der Waals surface area contributed by atoms with E-state index in [0.717, 1.165) is 6.42 Å². The van der Waals surface area contributed by atoms with Crippen molar-refractivity contribution in [3.8, 4) is 0 Å². The number of nitrogens with zero attached hydrogens (tertiary/aromatic N) is 1. The molecule has 0 aromatic carbocycles. The quantitative estimate of drug-likeness (QED) is 0.835. The lowest BCUT2D eigenvalue weighted by molar-refractivity contribution is 0.386. The smallest absolute Gasteiger partial charge is 0.0934 e. The van der Waals surface area contributed by atoms with E-state index in [1.807, 2.05) is 18.4 Å². The lowest BCUT2D eigenvalue weighted by Gasteiger charge is -2.20. The monoisotopic (exact) mass is 226 g/mol. The highest BCUT2D eigenvalue weighted by Crippen LogP contribution is 2.21. The van der Waals surface area contributed by atoms with Crippen molar-refractivity contribution in [2.24, 2.45) is 5.92 Å². The molecule has 0 amide bonds. The summed E-state index contributed by atoms with van der Waals surface area (Å²) in [7, 11) is 2.04. The third-order valence-electron chi connectivity index (χ3n) is 3.07. The van der Waals surface area contributed by atoms with Crippen LogP contribution in [0.25, 0.3) is 0 Å². The van der Waals surface area contributed by atoms with Crippen molar-refractivity contribution in [2.75, 3.05) is 7.05 Å². The zero-order valence-electron chi connectivity index (χ0n) is 10.4. The average Bonchev–Trinajstić information content (AvgIpc) is 2.47. The Kier molecular flexibility index (Phi) is 4.74. The summed E-state index contributed by atoms with van der Waals surface area (Å²) in [6.07, 6.45) is 2.28. The Morgan fingerprint density at radius 2 is 2.07 bits per heavy atom. The SMILES string of the molecule is CCC(NC)C(C)Cc1nc(C)c(C)s1. The third kappa shape index (κ3) is 3.28. The van der Waals surface area contributed by atoms with E-state index in [2.05, 4.69) is 38.0 Å². The molecule has 0 aliphatic heterocycles. The van der Waals surface area contributed by atoms with Gasteiger partial charge in [-0.25, -0.2) is 4.98 Å². The molecule has 0 radical (unpaired) electrons. The number of aryl methyl sites for hydroxylation is 2. The molecule has 0 aliphatic rings. The van der Waals surface area contributed by atoms with E-state index in [0.29, 0.717) is 12.0 Å². The fraction of sp³-hybridized carbons (Fsp3) is 0.750. The van der Waals surface area contributed by atoms with Gasteiger partial charge in [0.1, 0.15) is 0 Å². The van der Waals surface area contributed by atoms with Crippen molar-refractivity contribution in [1.29, 1.82) is 0 Å². The van der Waals surface area contributed by atoms with Gasteiger partial charge in [0.05, 0.1) is 10.7 Å². The van der Waals surface area contributed by atoms with E-state index in [-0.39, 0.29) is 0 Å². The fourth-order valence-electron chi connectivity index (χ4n) is 1.94. The minimum atomic E-state index is 0.606. The second kappa shape index (κ2) is 5.61. The second-order valence-electron chi connectivity index (χ2n) is 4.23. The van der Waals surface area contributed by atoms with E-state index in [4.69, 9.17) is 0 Å². The molecular weight excluding hydrogens is 204 g/mol. The van der Waals surface area contributed by atoms with Gasteiger partial charge in [-0.2, -0.15) is 0 Å². The highest BCUT2D eigenvalue weighted by molar-refractivity contribution is 7.11. The molecule has 86 valence electrons. The largest absolute Gasteiger partial charge is 0.317 e. The van der Waals surface area contributed by atoms with Gasteiger partial charge in [0, 0.05) is 17.3 Å². The molecular formula is C12H22N2S. The van der Waals surface area contributed by atoms with Gasteiger partial charge in [0.15, 0.2) is 0 Å². The first kappa shape index (κ1) is 12.7. The molecule has 1 N–H and O–H groups in total. The van der Waals surface area contributed by atoms with Crippen LogP contribution in [-0.4, -0.2) is 18.1 Å². The summed E-state index contributed by atoms with van der Waals surface area (Å²) in [4.78, 5) is 5.95. The summed E-state index contributed by atoms with van der Waals surface area (Å²) < 4.78 is 0. The van der Waals surface area contributed by atoms with Crippen molar-refractivity contribution >= 4 is 11.3 Å². The first-order valence-corrected chi connectivity index (χ1v) is 6.50. The second-order valence-corrected chi connectivity index (χ2v) is 5.52. The van der Waals surface area contributed by atoms with Gasteiger partial charge in [-0.3, -0.25) is 0 Å². The van der Waals surface area contributed by atoms with Crippen LogP contribution >= 0.6 is 11.3 Å². The van der Waals surface area contributed by atoms with E-state index >= 15 is 0 Å². The third-order valence-corrected chi connectivity index (χ3v) is 4.16. The molecule has 1 rings (SSSR count). The molecule has 1 aromatic rings. The normalized spacial score (nSPS) is 15.3. The maximum Gasteiger partial charge on any atom is 0.0934 e. The molecule has 15 heavy (non-hydrogen) atoms. The van der Waals surface area contributed by atoms with Crippen LogP contribution in [0.15, 0.2) is 0 Å². The fourth-order valence-corrected chi connectivity index (χ4v) is 3.01. The summed E-state index contributed by atoms with van der Waals surface area (Å²) in [6, 6.07) is 0.606. The molecule has 0 fully saturated rings. The Balaban J connectivity index is 2.61. The molecule has 1 aromatic heterocycles. The predicted octanol–water partition coefficient (Wildman–Crippen LogP) is 2.94. The average molecular weight is 226 g/mol. The highest BCUT2D eigenvalue weighted by atomic mass is 32.1. The van der Waals surface area contributed by atoms with Gasteiger partial charge in [0.2, 0.25) is 0 Å². The maximum absolute atomic E-state index is 4.59. The van der Waals surface area contributed by atoms with E-state index in [9.17, 15) is 0 Å². The molecule has 2 atom stereocenters. The number of hydrogen-bond acceptors (Lipinski definition) is 3. The molecule has 1 heterocycles. The predicted molar refractivity (Wildman–Crippen MR) is 67.6 cm³/mol. The van der Waals surface area contributed by atoms with Crippen molar-refractivity contribution in [2.45, 2.75) is 46.6 Å². The van der Waals surface area contributed by atoms with Crippen molar-refractivity contribution < 1.29 is 0 Å². The Morgan fingerprint density at radius 3 is 2.47 bits per heavy atom. The summed E-state index contributed by atoms with van der Waals surface area (Å²) in [5.41, 5.74) is 1.19. The van der Waals surface area contributed by atoms with Gasteiger partial charge < -0.3 is 5.32 Å². The van der Waals surface area contributed by atoms with Crippen molar-refractivity contribution in [3.63, 3.8) is 0 Å². The van der Waals surface area contributed by atoms with Crippen LogP contribution in [0.4, 0.5) is 0 Å². The van der Waals surface area contributed by atoms with Crippen LogP contribution in [0, 0.1) is 19.8 Å². The Morgan fingerprint density at radius 1 is 1.40 bits per heavy atom. The van der Waals surface area contributed by atoms with E-state index in [1.54, 1.807) is 0 Å². The van der Waals surface area contributed by atoms with Crippen LogP contribution < -0.4 is 5.32 Å². The van der Waals surface area contributed by atoms with Crippen LogP contribution in [0.5, 0.6) is 0 Å². The van der Waals surface area contributed by atoms with Crippen LogP contribution in [0.2, 0.25) is 0 Å². The lowest BCUT2D eigenvalue weighted by Crippen LogP contribution is -2.32. The van der Waals surface area contributed by atoms with E-state index in [1.165, 1.54) is 22.0 Å². The Bertz CT molecular complexity index is 283. The molecule has 2 unspecified atom stereocenters. The zero-order valence-corrected chi connectivity index (χ0v) is 11.2. The zero-order chi connectivity index (χ0) is 11.4. The first-order valence-electron chi connectivity index (χ1n) is 5.68. The van der Waals surface area contributed by atoms with Gasteiger partial charge in [0.25, 0.3) is 0 Å². The number of aromatic nitrogens is 1. The summed E-state index contributed by atoms with van der Waals surface area (Å²) >= 11 is 1.84. The highest BCUT2D eigenvalue weighted by Gasteiger charge is 2.15. The summed E-state index contributed by atoms with van der Waals surface area (Å²) in [6.45, 7) is 8.78. The van der Waals surface area contributed by atoms with Crippen LogP contribution in [0.3, 0.4) is 0 Å². The minimum absolute atomic E-state index is 0.606. The van der Waals surface area contributed by atoms with Crippen molar-refractivity contribution in [1.82, 2.24) is 10.3 Å². The number of nitrogens with one attached hydrogen (secondary N) is 1. The van der Waals surface area contributed by atoms with Gasteiger partial charge in [-0.15, -0.1) is 11.3 Å². The van der Waals surface area contributed by atoms with Gasteiger partial charge >= 0.3 is 0 Å². The molecule has 2 nitrogen and oxygen atoms in total. The topological polar surface area (TPSA) is 24.9 Å². The van der Waals surface area contributed by atoms with E-state index < -0.39 is 0 Å². The van der Waals surface area contributed by atoms with Crippen LogP contribution in [-0.2, 0) is 6.42 Å². The Hall–Kier alpha value is -0.410. The number of rotatable bonds is 5. The molecule has 0 aliphatic carbocycles. The first-order chi connectivity index (χ1) is 7.08. The summed E-state index contributed by atoms with van der Waals surface area (Å²) in [5, 5.41) is 4.65. The Labute approximate surface area is 97.1 Å². The molecule has 0 saturated heterocycles. The number of hydrogen-bond donors (Lipinski definition) is 1. The molecule has 0 saturated carbocycles. The maximum atomic E-state index is 4.59.